The topological polar surface area (TPSA) is 35.8 Å². The molecule has 0 atom stereocenters. The second-order valence-electron chi connectivity index (χ2n) is 3.86. The Bertz CT molecular complexity index is 630. The van der Waals surface area contributed by atoms with Crippen LogP contribution in [0.1, 0.15) is 11.1 Å². The molecule has 0 saturated heterocycles. The first kappa shape index (κ1) is 13.3. The van der Waals surface area contributed by atoms with Crippen LogP contribution in [0.4, 0.5) is 14.5 Å². The van der Waals surface area contributed by atoms with Gasteiger partial charge in [-0.25, -0.2) is 8.78 Å². The maximum Gasteiger partial charge on any atom is 0.131 e. The Morgan fingerprint density at radius 3 is 2.47 bits per heavy atom. The van der Waals surface area contributed by atoms with Crippen LogP contribution in [0.5, 0.6) is 0 Å². The molecule has 0 bridgehead atoms. The Morgan fingerprint density at radius 2 is 1.84 bits per heavy atom. The first-order chi connectivity index (χ1) is 9.11. The van der Waals surface area contributed by atoms with Gasteiger partial charge in [0.25, 0.3) is 0 Å². The van der Waals surface area contributed by atoms with Crippen LogP contribution in [0.2, 0.25) is 5.02 Å². The van der Waals surface area contributed by atoms with Crippen molar-refractivity contribution in [1.29, 1.82) is 5.26 Å². The van der Waals surface area contributed by atoms with E-state index in [0.29, 0.717) is 16.3 Å². The minimum absolute atomic E-state index is 0.00892. The van der Waals surface area contributed by atoms with Gasteiger partial charge in [0.1, 0.15) is 17.7 Å². The highest BCUT2D eigenvalue weighted by Crippen LogP contribution is 2.21. The number of nitriles is 1. The lowest BCUT2D eigenvalue weighted by molar-refractivity contribution is 0.560. The summed E-state index contributed by atoms with van der Waals surface area (Å²) in [5, 5.41) is 12.0. The van der Waals surface area contributed by atoms with Gasteiger partial charge in [-0.05, 0) is 30.3 Å². The first-order valence-corrected chi connectivity index (χ1v) is 5.86. The molecule has 96 valence electrons. The Labute approximate surface area is 114 Å². The molecule has 2 rings (SSSR count). The van der Waals surface area contributed by atoms with E-state index < -0.39 is 11.6 Å². The monoisotopic (exact) mass is 278 g/mol. The van der Waals surface area contributed by atoms with Crippen molar-refractivity contribution in [2.24, 2.45) is 0 Å². The molecule has 5 heteroatoms. The highest BCUT2D eigenvalue weighted by molar-refractivity contribution is 6.31. The maximum atomic E-state index is 13.4. The van der Waals surface area contributed by atoms with Gasteiger partial charge in [-0.1, -0.05) is 17.7 Å². The molecular weight excluding hydrogens is 270 g/mol. The van der Waals surface area contributed by atoms with Gasteiger partial charge in [0.15, 0.2) is 0 Å². The molecule has 0 amide bonds. The van der Waals surface area contributed by atoms with Crippen LogP contribution >= 0.6 is 11.6 Å². The average Bonchev–Trinajstić information content (AvgIpc) is 2.40. The zero-order valence-electron chi connectivity index (χ0n) is 9.75. The summed E-state index contributed by atoms with van der Waals surface area (Å²) in [6.45, 7) is -0.00892. The van der Waals surface area contributed by atoms with Crippen molar-refractivity contribution in [3.8, 4) is 6.07 Å². The van der Waals surface area contributed by atoms with Crippen molar-refractivity contribution < 1.29 is 8.78 Å². The molecule has 0 aliphatic carbocycles. The normalized spacial score (nSPS) is 10.0. The van der Waals surface area contributed by atoms with Gasteiger partial charge in [0.2, 0.25) is 0 Å². The molecule has 0 saturated carbocycles. The quantitative estimate of drug-likeness (QED) is 0.917. The molecule has 0 aliphatic rings. The number of nitrogens with one attached hydrogen (secondary N) is 1. The van der Waals surface area contributed by atoms with E-state index in [4.69, 9.17) is 16.9 Å². The highest BCUT2D eigenvalue weighted by Gasteiger charge is 2.08. The van der Waals surface area contributed by atoms with Gasteiger partial charge in [-0.15, -0.1) is 0 Å². The van der Waals surface area contributed by atoms with Crippen LogP contribution in [-0.2, 0) is 6.54 Å². The number of nitrogens with zero attached hydrogens (tertiary/aromatic N) is 1. The van der Waals surface area contributed by atoms with Crippen molar-refractivity contribution in [2.75, 3.05) is 5.32 Å². The second-order valence-corrected chi connectivity index (χ2v) is 4.27. The zero-order valence-corrected chi connectivity index (χ0v) is 10.5. The Hall–Kier alpha value is -2.12. The summed E-state index contributed by atoms with van der Waals surface area (Å²) in [5.74, 6) is -1.22. The minimum atomic E-state index is -0.609. The molecule has 0 heterocycles. The summed E-state index contributed by atoms with van der Waals surface area (Å²) in [5.41, 5.74) is 0.834. The van der Waals surface area contributed by atoms with Gasteiger partial charge >= 0.3 is 0 Å². The van der Waals surface area contributed by atoms with E-state index in [9.17, 15) is 8.78 Å². The van der Waals surface area contributed by atoms with E-state index in [1.807, 2.05) is 6.07 Å². The van der Waals surface area contributed by atoms with Gasteiger partial charge in [-0.2, -0.15) is 5.26 Å². The van der Waals surface area contributed by atoms with Crippen LogP contribution in [0.3, 0.4) is 0 Å². The van der Waals surface area contributed by atoms with E-state index >= 15 is 0 Å². The van der Waals surface area contributed by atoms with Gasteiger partial charge in [-0.3, -0.25) is 0 Å². The second kappa shape index (κ2) is 5.68. The van der Waals surface area contributed by atoms with E-state index in [0.717, 1.165) is 0 Å². The smallest absolute Gasteiger partial charge is 0.131 e. The molecule has 19 heavy (non-hydrogen) atoms. The summed E-state index contributed by atoms with van der Waals surface area (Å²) in [6.07, 6.45) is 0. The van der Waals surface area contributed by atoms with E-state index in [1.165, 1.54) is 24.3 Å². The van der Waals surface area contributed by atoms with E-state index in [-0.39, 0.29) is 12.1 Å². The summed E-state index contributed by atoms with van der Waals surface area (Å²) < 4.78 is 26.8. The van der Waals surface area contributed by atoms with Crippen molar-refractivity contribution >= 4 is 17.3 Å². The number of halogens is 3. The van der Waals surface area contributed by atoms with Gasteiger partial charge in [0.05, 0.1) is 10.6 Å². The molecule has 2 nitrogen and oxygen atoms in total. The lowest BCUT2D eigenvalue weighted by Gasteiger charge is -2.09. The van der Waals surface area contributed by atoms with Crippen LogP contribution in [0.15, 0.2) is 36.4 Å². The first-order valence-electron chi connectivity index (χ1n) is 5.48. The third-order valence-electron chi connectivity index (χ3n) is 2.62. The van der Waals surface area contributed by atoms with Gasteiger partial charge < -0.3 is 5.32 Å². The number of hydrogen-bond acceptors (Lipinski definition) is 2. The summed E-state index contributed by atoms with van der Waals surface area (Å²) in [4.78, 5) is 0. The molecule has 2 aromatic rings. The third kappa shape index (κ3) is 3.01. The van der Waals surface area contributed by atoms with Crippen LogP contribution in [0.25, 0.3) is 0 Å². The Morgan fingerprint density at radius 1 is 1.16 bits per heavy atom. The molecule has 1 N–H and O–H groups in total. The molecule has 0 radical (unpaired) electrons. The number of anilines is 1. The highest BCUT2D eigenvalue weighted by atomic mass is 35.5. The minimum Gasteiger partial charge on any atom is -0.381 e. The molecule has 2 aromatic carbocycles. The van der Waals surface area contributed by atoms with E-state index in [1.54, 1.807) is 12.1 Å². The fourth-order valence-electron chi connectivity index (χ4n) is 1.61. The maximum absolute atomic E-state index is 13.4. The SMILES string of the molecule is N#Cc1cc(NCc2c(F)cccc2F)ccc1Cl. The number of benzene rings is 2. The Kier molecular flexibility index (Phi) is 3.98. The third-order valence-corrected chi connectivity index (χ3v) is 2.95. The van der Waals surface area contributed by atoms with Crippen LogP contribution in [0, 0.1) is 23.0 Å². The van der Waals surface area contributed by atoms with Gasteiger partial charge in [0, 0.05) is 17.8 Å². The summed E-state index contributed by atoms with van der Waals surface area (Å²) >= 11 is 5.79. The summed E-state index contributed by atoms with van der Waals surface area (Å²) in [6, 6.07) is 10.4. The van der Waals surface area contributed by atoms with Crippen molar-refractivity contribution in [1.82, 2.24) is 0 Å². The predicted octanol–water partition coefficient (Wildman–Crippen LogP) is 4.10. The number of hydrogen-bond donors (Lipinski definition) is 1. The lowest BCUT2D eigenvalue weighted by Crippen LogP contribution is -2.04. The molecular formula is C14H9ClF2N2. The largest absolute Gasteiger partial charge is 0.381 e. The van der Waals surface area contributed by atoms with Crippen molar-refractivity contribution in [3.63, 3.8) is 0 Å². The van der Waals surface area contributed by atoms with Crippen LogP contribution in [-0.4, -0.2) is 0 Å². The molecule has 0 aliphatic heterocycles. The predicted molar refractivity (Wildman–Crippen MR) is 69.9 cm³/mol. The van der Waals surface area contributed by atoms with Crippen LogP contribution < -0.4 is 5.32 Å². The average molecular weight is 279 g/mol. The molecule has 0 aromatic heterocycles. The van der Waals surface area contributed by atoms with Crippen molar-refractivity contribution in [2.45, 2.75) is 6.54 Å². The fourth-order valence-corrected chi connectivity index (χ4v) is 1.77. The number of rotatable bonds is 3. The summed E-state index contributed by atoms with van der Waals surface area (Å²) in [7, 11) is 0. The Balaban J connectivity index is 2.17. The fraction of sp³-hybridized carbons (Fsp3) is 0.0714. The van der Waals surface area contributed by atoms with E-state index in [2.05, 4.69) is 5.32 Å². The lowest BCUT2D eigenvalue weighted by atomic mass is 10.1. The molecule has 0 unspecified atom stereocenters. The molecule has 0 fully saturated rings. The van der Waals surface area contributed by atoms with Crippen molar-refractivity contribution in [3.05, 3.63) is 64.2 Å². The zero-order chi connectivity index (χ0) is 13.8. The molecule has 0 spiro atoms. The standard InChI is InChI=1S/C14H9ClF2N2/c15-12-5-4-10(6-9(12)7-18)19-8-11-13(16)2-1-3-14(11)17/h1-6,19H,8H2.